The van der Waals surface area contributed by atoms with Gasteiger partial charge in [0, 0.05) is 23.2 Å². The maximum atomic E-state index is 11.8. The number of rotatable bonds is 2. The highest BCUT2D eigenvalue weighted by molar-refractivity contribution is 9.10. The zero-order chi connectivity index (χ0) is 15.9. The van der Waals surface area contributed by atoms with E-state index < -0.39 is 11.9 Å². The highest BCUT2D eigenvalue weighted by Gasteiger charge is 2.30. The number of carbonyl (C=O) groups excluding carboxylic acids is 2. The number of urea groups is 1. The summed E-state index contributed by atoms with van der Waals surface area (Å²) < 4.78 is 6.47. The molecule has 0 spiro atoms. The zero-order valence-electron chi connectivity index (χ0n) is 11.4. The zero-order valence-corrected chi connectivity index (χ0v) is 13.7. The molecule has 0 aliphatic carbocycles. The van der Waals surface area contributed by atoms with Gasteiger partial charge in [-0.2, -0.15) is 0 Å². The molecule has 1 aliphatic rings. The molecule has 0 bridgehead atoms. The van der Waals surface area contributed by atoms with Gasteiger partial charge in [0.2, 0.25) is 0 Å². The van der Waals surface area contributed by atoms with Crippen molar-refractivity contribution in [3.8, 4) is 11.3 Å². The summed E-state index contributed by atoms with van der Waals surface area (Å²) in [5, 5.41) is 3.06. The number of hydrogen-bond donors (Lipinski definition) is 1. The van der Waals surface area contributed by atoms with Crippen LogP contribution in [-0.4, -0.2) is 23.9 Å². The molecular formula is C15H10BrClN2O3. The number of imide groups is 1. The predicted molar refractivity (Wildman–Crippen MR) is 86.1 cm³/mol. The summed E-state index contributed by atoms with van der Waals surface area (Å²) >= 11 is 9.39. The van der Waals surface area contributed by atoms with Crippen LogP contribution in [0.15, 0.2) is 44.9 Å². The third kappa shape index (κ3) is 2.67. The quantitative estimate of drug-likeness (QED) is 0.634. The molecule has 1 N–H and O–H groups in total. The lowest BCUT2D eigenvalue weighted by molar-refractivity contribution is -0.121. The van der Waals surface area contributed by atoms with Gasteiger partial charge in [0.15, 0.2) is 0 Å². The molecule has 5 nitrogen and oxygen atoms in total. The Morgan fingerprint density at radius 2 is 2.05 bits per heavy atom. The highest BCUT2D eigenvalue weighted by atomic mass is 79.9. The average Bonchev–Trinajstić information content (AvgIpc) is 3.04. The Labute approximate surface area is 139 Å². The van der Waals surface area contributed by atoms with Crippen LogP contribution in [0.1, 0.15) is 5.76 Å². The van der Waals surface area contributed by atoms with E-state index in [9.17, 15) is 9.59 Å². The fourth-order valence-corrected chi connectivity index (χ4v) is 2.43. The van der Waals surface area contributed by atoms with Gasteiger partial charge in [0.05, 0.1) is 5.02 Å². The van der Waals surface area contributed by atoms with E-state index in [4.69, 9.17) is 16.0 Å². The largest absolute Gasteiger partial charge is 0.457 e. The first-order valence-corrected chi connectivity index (χ1v) is 7.49. The van der Waals surface area contributed by atoms with Gasteiger partial charge in [-0.15, -0.1) is 0 Å². The molecule has 0 unspecified atom stereocenters. The van der Waals surface area contributed by atoms with Gasteiger partial charge in [0.1, 0.15) is 17.2 Å². The lowest BCUT2D eigenvalue weighted by Gasteiger charge is -2.00. The maximum absolute atomic E-state index is 11.8. The third-order valence-electron chi connectivity index (χ3n) is 3.20. The topological polar surface area (TPSA) is 62.6 Å². The molecular weight excluding hydrogens is 372 g/mol. The van der Waals surface area contributed by atoms with Gasteiger partial charge in [-0.05, 0) is 40.2 Å². The van der Waals surface area contributed by atoms with Crippen molar-refractivity contribution in [1.29, 1.82) is 0 Å². The molecule has 1 aromatic carbocycles. The number of likely N-dealkylation sites (N-methyl/N-ethyl adjacent to an activating group) is 1. The second-order valence-electron chi connectivity index (χ2n) is 4.68. The smallest absolute Gasteiger partial charge is 0.328 e. The van der Waals surface area contributed by atoms with Gasteiger partial charge >= 0.3 is 6.03 Å². The minimum atomic E-state index is -0.456. The lowest BCUT2D eigenvalue weighted by Crippen LogP contribution is -2.25. The van der Waals surface area contributed by atoms with Crippen LogP contribution >= 0.6 is 27.5 Å². The second kappa shape index (κ2) is 5.62. The Balaban J connectivity index is 1.90. The standard InChI is InChI=1S/C15H10BrClN2O3/c1-19-14(20)12(18-15(19)21)7-9-3-5-13(22-9)8-2-4-10(16)11(17)6-8/h2-7H,1H3,(H,18,21)/b12-7+. The highest BCUT2D eigenvalue weighted by Crippen LogP contribution is 2.30. The summed E-state index contributed by atoms with van der Waals surface area (Å²) in [6.07, 6.45) is 1.49. The molecule has 1 saturated heterocycles. The first kappa shape index (κ1) is 14.9. The first-order valence-electron chi connectivity index (χ1n) is 6.31. The van der Waals surface area contributed by atoms with Crippen LogP contribution < -0.4 is 5.32 Å². The minimum absolute atomic E-state index is 0.183. The fourth-order valence-electron chi connectivity index (χ4n) is 2.00. The van der Waals surface area contributed by atoms with E-state index in [-0.39, 0.29) is 5.70 Å². The van der Waals surface area contributed by atoms with E-state index in [1.807, 2.05) is 12.1 Å². The number of furan rings is 1. The van der Waals surface area contributed by atoms with Crippen molar-refractivity contribution in [3.63, 3.8) is 0 Å². The van der Waals surface area contributed by atoms with Gasteiger partial charge in [0.25, 0.3) is 5.91 Å². The van der Waals surface area contributed by atoms with Crippen molar-refractivity contribution >= 4 is 45.5 Å². The third-order valence-corrected chi connectivity index (χ3v) is 4.43. The van der Waals surface area contributed by atoms with Crippen molar-refractivity contribution in [2.45, 2.75) is 0 Å². The van der Waals surface area contributed by atoms with Crippen LogP contribution in [0.2, 0.25) is 5.02 Å². The van der Waals surface area contributed by atoms with E-state index in [2.05, 4.69) is 21.2 Å². The molecule has 3 amide bonds. The molecule has 1 aliphatic heterocycles. The summed E-state index contributed by atoms with van der Waals surface area (Å²) in [7, 11) is 1.41. The minimum Gasteiger partial charge on any atom is -0.457 e. The SMILES string of the molecule is CN1C(=O)N/C(=C/c2ccc(-c3ccc(Br)c(Cl)c3)o2)C1=O. The number of hydrogen-bond acceptors (Lipinski definition) is 3. The lowest BCUT2D eigenvalue weighted by atomic mass is 10.2. The number of carbonyl (C=O) groups is 2. The summed E-state index contributed by atoms with van der Waals surface area (Å²) in [6.45, 7) is 0. The van der Waals surface area contributed by atoms with Crippen LogP contribution in [0.4, 0.5) is 4.79 Å². The number of amides is 3. The van der Waals surface area contributed by atoms with Gasteiger partial charge in [-0.1, -0.05) is 17.7 Å². The Kier molecular flexibility index (Phi) is 3.80. The number of nitrogens with zero attached hydrogens (tertiary/aromatic N) is 1. The summed E-state index contributed by atoms with van der Waals surface area (Å²) in [5.74, 6) is 0.689. The van der Waals surface area contributed by atoms with Crippen LogP contribution in [-0.2, 0) is 4.79 Å². The fraction of sp³-hybridized carbons (Fsp3) is 0.0667. The molecule has 7 heteroatoms. The number of benzene rings is 1. The molecule has 22 heavy (non-hydrogen) atoms. The molecule has 1 fully saturated rings. The van der Waals surface area contributed by atoms with E-state index in [1.165, 1.54) is 13.1 Å². The van der Waals surface area contributed by atoms with E-state index >= 15 is 0 Å². The van der Waals surface area contributed by atoms with Crippen molar-refractivity contribution in [2.75, 3.05) is 7.05 Å². The molecule has 0 atom stereocenters. The van der Waals surface area contributed by atoms with Gasteiger partial charge in [-0.3, -0.25) is 9.69 Å². The van der Waals surface area contributed by atoms with Gasteiger partial charge in [-0.25, -0.2) is 4.79 Å². The van der Waals surface area contributed by atoms with E-state index in [0.29, 0.717) is 16.5 Å². The molecule has 2 aromatic rings. The number of nitrogens with one attached hydrogen (secondary N) is 1. The monoisotopic (exact) mass is 380 g/mol. The molecule has 3 rings (SSSR count). The van der Waals surface area contributed by atoms with Crippen LogP contribution in [0.3, 0.4) is 0 Å². The van der Waals surface area contributed by atoms with E-state index in [0.717, 1.165) is 14.9 Å². The Hall–Kier alpha value is -2.05. The summed E-state index contributed by atoms with van der Waals surface area (Å²) in [5.41, 5.74) is 0.999. The van der Waals surface area contributed by atoms with Crippen LogP contribution in [0.25, 0.3) is 17.4 Å². The van der Waals surface area contributed by atoms with Crippen molar-refractivity contribution in [3.05, 3.63) is 51.3 Å². The average molecular weight is 382 g/mol. The maximum Gasteiger partial charge on any atom is 0.328 e. The molecule has 0 radical (unpaired) electrons. The van der Waals surface area contributed by atoms with Crippen LogP contribution in [0, 0.1) is 0 Å². The second-order valence-corrected chi connectivity index (χ2v) is 5.94. The van der Waals surface area contributed by atoms with E-state index in [1.54, 1.807) is 18.2 Å². The van der Waals surface area contributed by atoms with Crippen LogP contribution in [0.5, 0.6) is 0 Å². The van der Waals surface area contributed by atoms with Crippen molar-refractivity contribution < 1.29 is 14.0 Å². The Morgan fingerprint density at radius 1 is 1.27 bits per heavy atom. The predicted octanol–water partition coefficient (Wildman–Crippen LogP) is 3.89. The number of halogens is 2. The summed E-state index contributed by atoms with van der Waals surface area (Å²) in [4.78, 5) is 24.2. The molecule has 2 heterocycles. The molecule has 0 saturated carbocycles. The van der Waals surface area contributed by atoms with Gasteiger partial charge < -0.3 is 9.73 Å². The first-order chi connectivity index (χ1) is 10.5. The van der Waals surface area contributed by atoms with Crippen molar-refractivity contribution in [1.82, 2.24) is 10.2 Å². The molecule has 112 valence electrons. The summed E-state index contributed by atoms with van der Waals surface area (Å²) in [6, 6.07) is 8.50. The Bertz CT molecular complexity index is 813. The normalized spacial score (nSPS) is 16.5. The molecule has 1 aromatic heterocycles. The van der Waals surface area contributed by atoms with Crippen molar-refractivity contribution in [2.24, 2.45) is 0 Å². The Morgan fingerprint density at radius 3 is 2.68 bits per heavy atom.